The quantitative estimate of drug-likeness (QED) is 0.746. The number of hydrogen-bond acceptors (Lipinski definition) is 3. The Bertz CT molecular complexity index is 642. The van der Waals surface area contributed by atoms with Crippen molar-refractivity contribution in [3.05, 3.63) is 23.8 Å². The number of alkyl halides is 3. The zero-order chi connectivity index (χ0) is 14.4. The Morgan fingerprint density at radius 3 is 2.47 bits per heavy atom. The Balaban J connectivity index is 2.41. The fraction of sp³-hybridized carbons (Fsp3) is 0.300. The summed E-state index contributed by atoms with van der Waals surface area (Å²) < 4.78 is 59.3. The van der Waals surface area contributed by atoms with Crippen molar-refractivity contribution >= 4 is 31.3 Å². The van der Waals surface area contributed by atoms with Gasteiger partial charge in [-0.25, -0.2) is 8.42 Å². The van der Waals surface area contributed by atoms with Crippen molar-refractivity contribution in [2.75, 3.05) is 11.4 Å². The minimum Gasteiger partial charge on any atom is -0.304 e. The number of fused-ring (bicyclic) bond motifs is 1. The maximum absolute atomic E-state index is 12.4. The van der Waals surface area contributed by atoms with Gasteiger partial charge >= 0.3 is 12.1 Å². The van der Waals surface area contributed by atoms with E-state index in [1.54, 1.807) is 0 Å². The predicted molar refractivity (Wildman–Crippen MR) is 61.6 cm³/mol. The van der Waals surface area contributed by atoms with E-state index < -0.39 is 21.1 Å². The van der Waals surface area contributed by atoms with Crippen LogP contribution in [0.25, 0.3) is 0 Å². The van der Waals surface area contributed by atoms with Crippen molar-refractivity contribution in [2.45, 2.75) is 17.5 Å². The van der Waals surface area contributed by atoms with Crippen LogP contribution in [0.15, 0.2) is 23.1 Å². The van der Waals surface area contributed by atoms with Gasteiger partial charge in [0.05, 0.1) is 4.90 Å². The molecule has 0 aliphatic carbocycles. The SMILES string of the molecule is O=C(N1CCc2cc(S(=O)(=O)Cl)ccc21)C(F)(F)F. The van der Waals surface area contributed by atoms with Gasteiger partial charge < -0.3 is 4.90 Å². The van der Waals surface area contributed by atoms with Crippen LogP contribution in [-0.2, 0) is 20.3 Å². The van der Waals surface area contributed by atoms with E-state index in [0.717, 1.165) is 12.1 Å². The minimum absolute atomic E-state index is 0.0615. The van der Waals surface area contributed by atoms with Gasteiger partial charge in [0, 0.05) is 22.9 Å². The van der Waals surface area contributed by atoms with Crippen LogP contribution in [0.2, 0.25) is 0 Å². The second-order valence-corrected chi connectivity index (χ2v) is 6.50. The molecule has 0 atom stereocenters. The molecule has 0 unspecified atom stereocenters. The highest BCUT2D eigenvalue weighted by atomic mass is 35.7. The van der Waals surface area contributed by atoms with E-state index in [1.165, 1.54) is 6.07 Å². The van der Waals surface area contributed by atoms with E-state index >= 15 is 0 Å². The van der Waals surface area contributed by atoms with Gasteiger partial charge in [0.15, 0.2) is 0 Å². The number of anilines is 1. The van der Waals surface area contributed by atoms with Gasteiger partial charge in [-0.15, -0.1) is 0 Å². The van der Waals surface area contributed by atoms with Crippen LogP contribution in [0, 0.1) is 0 Å². The number of amides is 1. The average Bonchev–Trinajstić information content (AvgIpc) is 2.67. The van der Waals surface area contributed by atoms with Crippen molar-refractivity contribution < 1.29 is 26.4 Å². The van der Waals surface area contributed by atoms with Gasteiger partial charge in [-0.3, -0.25) is 4.79 Å². The first-order chi connectivity index (χ1) is 8.60. The number of benzene rings is 1. The maximum atomic E-state index is 12.4. The molecule has 1 aliphatic rings. The van der Waals surface area contributed by atoms with Crippen molar-refractivity contribution in [2.24, 2.45) is 0 Å². The summed E-state index contributed by atoms with van der Waals surface area (Å²) in [5, 5.41) is 0. The second kappa shape index (κ2) is 4.38. The Morgan fingerprint density at radius 1 is 1.32 bits per heavy atom. The Labute approximate surface area is 111 Å². The van der Waals surface area contributed by atoms with Gasteiger partial charge in [0.2, 0.25) is 0 Å². The lowest BCUT2D eigenvalue weighted by Gasteiger charge is -2.18. The molecule has 4 nitrogen and oxygen atoms in total. The molecule has 0 N–H and O–H groups in total. The highest BCUT2D eigenvalue weighted by Crippen LogP contribution is 2.33. The summed E-state index contributed by atoms with van der Waals surface area (Å²) in [5.41, 5.74) is 0.408. The Hall–Kier alpha value is -1.28. The lowest BCUT2D eigenvalue weighted by Crippen LogP contribution is -2.40. The van der Waals surface area contributed by atoms with Crippen LogP contribution in [0.4, 0.5) is 18.9 Å². The number of halogens is 4. The molecule has 0 radical (unpaired) electrons. The zero-order valence-corrected chi connectivity index (χ0v) is 10.8. The summed E-state index contributed by atoms with van der Waals surface area (Å²) in [6, 6.07) is 3.41. The highest BCUT2D eigenvalue weighted by Gasteiger charge is 2.44. The molecule has 1 aromatic carbocycles. The lowest BCUT2D eigenvalue weighted by atomic mass is 10.2. The summed E-state index contributed by atoms with van der Waals surface area (Å²) in [4.78, 5) is 11.6. The summed E-state index contributed by atoms with van der Waals surface area (Å²) in [6.07, 6.45) is -4.81. The molecule has 0 bridgehead atoms. The molecular weight excluding hydrogens is 307 g/mol. The number of carbonyl (C=O) groups is 1. The number of rotatable bonds is 1. The van der Waals surface area contributed by atoms with Crippen molar-refractivity contribution in [3.63, 3.8) is 0 Å². The van der Waals surface area contributed by atoms with E-state index in [-0.39, 0.29) is 23.5 Å². The summed E-state index contributed by atoms with van der Waals surface area (Å²) in [7, 11) is 1.20. The first-order valence-corrected chi connectivity index (χ1v) is 7.38. The number of hydrogen-bond donors (Lipinski definition) is 0. The summed E-state index contributed by atoms with van der Waals surface area (Å²) >= 11 is 0. The topological polar surface area (TPSA) is 54.5 Å². The van der Waals surface area contributed by atoms with Crippen molar-refractivity contribution in [1.82, 2.24) is 0 Å². The standard InChI is InChI=1S/C10H7ClF3NO3S/c11-19(17,18)7-1-2-8-6(5-7)3-4-15(8)9(16)10(12,13)14/h1-2,5H,3-4H2. The molecule has 0 saturated heterocycles. The number of carbonyl (C=O) groups excluding carboxylic acids is 1. The molecule has 0 fully saturated rings. The number of nitrogens with zero attached hydrogens (tertiary/aromatic N) is 1. The molecule has 1 amide bonds. The molecule has 0 saturated carbocycles. The van der Waals surface area contributed by atoms with E-state index in [1.807, 2.05) is 0 Å². The third kappa shape index (κ3) is 2.69. The van der Waals surface area contributed by atoms with Crippen LogP contribution in [-0.4, -0.2) is 27.0 Å². The largest absolute Gasteiger partial charge is 0.471 e. The van der Waals surface area contributed by atoms with E-state index in [9.17, 15) is 26.4 Å². The van der Waals surface area contributed by atoms with Crippen LogP contribution in [0.1, 0.15) is 5.56 Å². The normalized spacial score (nSPS) is 15.5. The van der Waals surface area contributed by atoms with Crippen LogP contribution >= 0.6 is 10.7 Å². The molecular formula is C10H7ClF3NO3S. The van der Waals surface area contributed by atoms with Gasteiger partial charge in [-0.05, 0) is 30.2 Å². The fourth-order valence-corrected chi connectivity index (χ4v) is 2.70. The Morgan fingerprint density at radius 2 is 1.95 bits per heavy atom. The zero-order valence-electron chi connectivity index (χ0n) is 9.24. The monoisotopic (exact) mass is 313 g/mol. The molecule has 0 spiro atoms. The van der Waals surface area contributed by atoms with Gasteiger partial charge in [0.25, 0.3) is 9.05 Å². The molecule has 1 aromatic rings. The molecule has 1 aliphatic heterocycles. The molecule has 9 heteroatoms. The van der Waals surface area contributed by atoms with Gasteiger partial charge in [-0.1, -0.05) is 0 Å². The molecule has 1 heterocycles. The third-order valence-electron chi connectivity index (χ3n) is 2.72. The van der Waals surface area contributed by atoms with Crippen LogP contribution in [0.3, 0.4) is 0 Å². The van der Waals surface area contributed by atoms with Crippen LogP contribution < -0.4 is 4.90 Å². The van der Waals surface area contributed by atoms with Crippen molar-refractivity contribution in [3.8, 4) is 0 Å². The second-order valence-electron chi connectivity index (χ2n) is 3.93. The third-order valence-corrected chi connectivity index (χ3v) is 4.07. The molecule has 19 heavy (non-hydrogen) atoms. The van der Waals surface area contributed by atoms with E-state index in [0.29, 0.717) is 10.5 Å². The van der Waals surface area contributed by atoms with Gasteiger partial charge in [-0.2, -0.15) is 13.2 Å². The predicted octanol–water partition coefficient (Wildman–Crippen LogP) is 2.07. The van der Waals surface area contributed by atoms with E-state index in [2.05, 4.69) is 0 Å². The Kier molecular flexibility index (Phi) is 3.26. The summed E-state index contributed by atoms with van der Waals surface area (Å²) in [5.74, 6) is -1.97. The smallest absolute Gasteiger partial charge is 0.304 e. The minimum atomic E-state index is -4.96. The van der Waals surface area contributed by atoms with Crippen LogP contribution in [0.5, 0.6) is 0 Å². The summed E-state index contributed by atoms with van der Waals surface area (Å²) in [6.45, 7) is -0.139. The van der Waals surface area contributed by atoms with E-state index in [4.69, 9.17) is 10.7 Å². The first-order valence-electron chi connectivity index (χ1n) is 5.07. The van der Waals surface area contributed by atoms with Crippen molar-refractivity contribution in [1.29, 1.82) is 0 Å². The first kappa shape index (κ1) is 14.1. The maximum Gasteiger partial charge on any atom is 0.471 e. The molecule has 2 rings (SSSR count). The molecule has 104 valence electrons. The fourth-order valence-electron chi connectivity index (χ4n) is 1.89. The molecule has 0 aromatic heterocycles. The average molecular weight is 314 g/mol. The highest BCUT2D eigenvalue weighted by molar-refractivity contribution is 8.13. The van der Waals surface area contributed by atoms with Gasteiger partial charge in [0.1, 0.15) is 0 Å². The lowest BCUT2D eigenvalue weighted by molar-refractivity contribution is -0.170.